The number of hydrogen-bond donors (Lipinski definition) is 2. The highest BCUT2D eigenvalue weighted by Gasteiger charge is 2.36. The Bertz CT molecular complexity index is 1900. The summed E-state index contributed by atoms with van der Waals surface area (Å²) in [7, 11) is 1.70. The highest BCUT2D eigenvalue weighted by molar-refractivity contribution is 6.06. The van der Waals surface area contributed by atoms with E-state index in [2.05, 4.69) is 47.1 Å². The predicted octanol–water partition coefficient (Wildman–Crippen LogP) is 4.57. The SMILES string of the molecule is CCCCCc1cc2n(c1)CCN(c1nccc(-c3cc(Nc4ccc(N5C[C@@H](C)N(C6COC6)C[C@@H]5C)cn4)c(=O)n(C)c3)c1CO)C2=O. The van der Waals surface area contributed by atoms with E-state index in [1.807, 2.05) is 35.0 Å². The molecule has 0 unspecified atom stereocenters. The molecule has 2 fully saturated rings. The van der Waals surface area contributed by atoms with Gasteiger partial charge in [0, 0.05) is 75.0 Å². The van der Waals surface area contributed by atoms with Crippen molar-refractivity contribution in [1.29, 1.82) is 0 Å². The van der Waals surface area contributed by atoms with Gasteiger partial charge in [0.15, 0.2) is 0 Å². The average Bonchev–Trinajstić information content (AvgIpc) is 3.52. The summed E-state index contributed by atoms with van der Waals surface area (Å²) in [6.45, 7) is 11.0. The number of unbranched alkanes of at least 4 members (excludes halogenated alkanes) is 2. The Morgan fingerprint density at radius 2 is 1.84 bits per heavy atom. The van der Waals surface area contributed by atoms with Gasteiger partial charge in [0.25, 0.3) is 11.5 Å². The molecule has 0 aliphatic carbocycles. The second-order valence-corrected chi connectivity index (χ2v) is 14.0. The number of carbonyl (C=O) groups excluding carboxylic acids is 1. The molecule has 1 amide bonds. The molecule has 7 heterocycles. The molecular weight excluding hydrogens is 632 g/mol. The van der Waals surface area contributed by atoms with Crippen LogP contribution in [0.15, 0.2) is 59.9 Å². The van der Waals surface area contributed by atoms with Gasteiger partial charge < -0.3 is 29.2 Å². The molecule has 0 bridgehead atoms. The lowest BCUT2D eigenvalue weighted by atomic mass is 10.0. The predicted molar refractivity (Wildman–Crippen MR) is 195 cm³/mol. The van der Waals surface area contributed by atoms with Crippen molar-refractivity contribution in [2.45, 2.75) is 77.7 Å². The summed E-state index contributed by atoms with van der Waals surface area (Å²) in [4.78, 5) is 43.0. The number of aliphatic hydroxyl groups excluding tert-OH is 1. The Labute approximate surface area is 293 Å². The van der Waals surface area contributed by atoms with Crippen LogP contribution in [0.2, 0.25) is 0 Å². The van der Waals surface area contributed by atoms with E-state index in [0.29, 0.717) is 70.9 Å². The number of nitrogens with zero attached hydrogens (tertiary/aromatic N) is 7. The molecule has 4 aromatic heterocycles. The maximum atomic E-state index is 13.8. The number of hydrogen-bond acceptors (Lipinski definition) is 9. The molecule has 0 saturated carbocycles. The number of aliphatic hydroxyl groups is 1. The minimum atomic E-state index is -0.320. The molecule has 50 heavy (non-hydrogen) atoms. The summed E-state index contributed by atoms with van der Waals surface area (Å²) in [5, 5.41) is 13.9. The number of ether oxygens (including phenoxy) is 1. The second-order valence-electron chi connectivity index (χ2n) is 14.0. The molecule has 0 aromatic carbocycles. The summed E-state index contributed by atoms with van der Waals surface area (Å²) in [6.07, 6.45) is 11.7. The molecule has 12 nitrogen and oxygen atoms in total. The van der Waals surface area contributed by atoms with E-state index in [9.17, 15) is 14.7 Å². The Balaban J connectivity index is 1.11. The van der Waals surface area contributed by atoms with Crippen molar-refractivity contribution in [2.75, 3.05) is 48.0 Å². The van der Waals surface area contributed by atoms with Crippen LogP contribution in [0.1, 0.15) is 61.6 Å². The molecule has 2 atom stereocenters. The van der Waals surface area contributed by atoms with E-state index in [4.69, 9.17) is 9.72 Å². The van der Waals surface area contributed by atoms with E-state index in [0.717, 1.165) is 57.7 Å². The smallest absolute Gasteiger partial charge is 0.276 e. The third kappa shape index (κ3) is 6.55. The molecule has 3 aliphatic rings. The van der Waals surface area contributed by atoms with Gasteiger partial charge in [-0.15, -0.1) is 0 Å². The van der Waals surface area contributed by atoms with Crippen LogP contribution in [-0.2, 0) is 31.4 Å². The van der Waals surface area contributed by atoms with Gasteiger partial charge in [-0.25, -0.2) is 9.97 Å². The van der Waals surface area contributed by atoms with E-state index < -0.39 is 0 Å². The number of nitrogens with one attached hydrogen (secondary N) is 1. The molecule has 0 radical (unpaired) electrons. The van der Waals surface area contributed by atoms with E-state index in [1.165, 1.54) is 10.1 Å². The van der Waals surface area contributed by atoms with Gasteiger partial charge in [0.2, 0.25) is 0 Å². The largest absolute Gasteiger partial charge is 0.392 e. The quantitative estimate of drug-likeness (QED) is 0.220. The number of piperazine rings is 1. The molecule has 0 spiro atoms. The first-order valence-electron chi connectivity index (χ1n) is 17.9. The van der Waals surface area contributed by atoms with Crippen molar-refractivity contribution in [3.8, 4) is 11.1 Å². The first-order valence-corrected chi connectivity index (χ1v) is 17.9. The normalized spacial score (nSPS) is 19.8. The average molecular weight is 681 g/mol. The zero-order valence-electron chi connectivity index (χ0n) is 29.5. The molecular formula is C38H48N8O4. The lowest BCUT2D eigenvalue weighted by molar-refractivity contribution is -0.0828. The number of rotatable bonds is 11. The Kier molecular flexibility index (Phi) is 9.76. The fourth-order valence-electron chi connectivity index (χ4n) is 7.59. The summed E-state index contributed by atoms with van der Waals surface area (Å²) in [6, 6.07) is 10.8. The Morgan fingerprint density at radius 1 is 1.00 bits per heavy atom. The molecule has 264 valence electrons. The van der Waals surface area contributed by atoms with Gasteiger partial charge >= 0.3 is 0 Å². The highest BCUT2D eigenvalue weighted by atomic mass is 16.5. The monoisotopic (exact) mass is 680 g/mol. The van der Waals surface area contributed by atoms with Gasteiger partial charge in [-0.3, -0.25) is 19.4 Å². The molecule has 3 aliphatic heterocycles. The molecule has 12 heteroatoms. The maximum absolute atomic E-state index is 13.8. The zero-order chi connectivity index (χ0) is 34.9. The van der Waals surface area contributed by atoms with Crippen molar-refractivity contribution in [3.63, 3.8) is 0 Å². The molecule has 2 N–H and O–H groups in total. The summed E-state index contributed by atoms with van der Waals surface area (Å²) >= 11 is 0. The number of anilines is 4. The number of pyridine rings is 3. The van der Waals surface area contributed by atoms with Crippen LogP contribution in [0.5, 0.6) is 0 Å². The Hall–Kier alpha value is -4.52. The fraction of sp³-hybridized carbons (Fsp3) is 0.474. The molecule has 7 rings (SSSR count). The third-order valence-corrected chi connectivity index (χ3v) is 10.5. The second kappa shape index (κ2) is 14.4. The Morgan fingerprint density at radius 3 is 2.56 bits per heavy atom. The lowest BCUT2D eigenvalue weighted by Crippen LogP contribution is -2.63. The minimum Gasteiger partial charge on any atom is -0.392 e. The van der Waals surface area contributed by atoms with Crippen molar-refractivity contribution in [1.82, 2.24) is 24.0 Å². The van der Waals surface area contributed by atoms with Crippen LogP contribution in [0.25, 0.3) is 11.1 Å². The summed E-state index contributed by atoms with van der Waals surface area (Å²) in [5.74, 6) is 0.858. The van der Waals surface area contributed by atoms with Crippen LogP contribution in [0, 0.1) is 0 Å². The number of carbonyl (C=O) groups is 1. The summed E-state index contributed by atoms with van der Waals surface area (Å²) < 4.78 is 8.98. The van der Waals surface area contributed by atoms with Crippen LogP contribution in [0.4, 0.5) is 23.0 Å². The van der Waals surface area contributed by atoms with Gasteiger partial charge in [-0.1, -0.05) is 19.8 Å². The highest BCUT2D eigenvalue weighted by Crippen LogP contribution is 2.33. The number of amides is 1. The van der Waals surface area contributed by atoms with Crippen molar-refractivity contribution in [2.24, 2.45) is 7.05 Å². The standard InChI is InChI=1S/C38H48N8O4/c1-5-6-7-8-27-15-34-38(49)44(14-13-43(34)20-27)36-32(22-47)31(11-12-39-36)28-16-33(37(48)42(4)21-28)41-35-10-9-29(17-40-35)45-18-26(3)46(19-25(45)2)30-23-50-24-30/h9-12,15-17,20-21,25-26,30,47H,5-8,13-14,18-19,22-24H2,1-4H3,(H,40,41)/t25-,26+/m0/s1. The molecule has 4 aromatic rings. The van der Waals surface area contributed by atoms with Gasteiger partial charge in [-0.2, -0.15) is 0 Å². The fourth-order valence-corrected chi connectivity index (χ4v) is 7.59. The first-order chi connectivity index (χ1) is 24.2. The van der Waals surface area contributed by atoms with Crippen LogP contribution in [-0.4, -0.2) is 86.0 Å². The van der Waals surface area contributed by atoms with Gasteiger partial charge in [0.05, 0.1) is 37.7 Å². The number of aryl methyl sites for hydroxylation is 2. The number of fused-ring (bicyclic) bond motifs is 1. The zero-order valence-corrected chi connectivity index (χ0v) is 29.5. The van der Waals surface area contributed by atoms with Crippen LogP contribution in [0.3, 0.4) is 0 Å². The van der Waals surface area contributed by atoms with Gasteiger partial charge in [-0.05, 0) is 68.1 Å². The first kappa shape index (κ1) is 34.0. The van der Waals surface area contributed by atoms with Crippen LogP contribution >= 0.6 is 0 Å². The molecule has 2 saturated heterocycles. The number of aromatic nitrogens is 4. The van der Waals surface area contributed by atoms with Crippen molar-refractivity contribution >= 4 is 28.9 Å². The van der Waals surface area contributed by atoms with Crippen molar-refractivity contribution in [3.05, 3.63) is 82.3 Å². The van der Waals surface area contributed by atoms with Crippen molar-refractivity contribution < 1.29 is 14.6 Å². The maximum Gasteiger partial charge on any atom is 0.276 e. The van der Waals surface area contributed by atoms with Crippen LogP contribution < -0.4 is 20.7 Å². The summed E-state index contributed by atoms with van der Waals surface area (Å²) in [5.41, 5.74) is 4.94. The topological polar surface area (TPSA) is 121 Å². The third-order valence-electron chi connectivity index (χ3n) is 10.5. The van der Waals surface area contributed by atoms with E-state index in [-0.39, 0.29) is 18.1 Å². The van der Waals surface area contributed by atoms with E-state index >= 15 is 0 Å². The van der Waals surface area contributed by atoms with Gasteiger partial charge in [0.1, 0.15) is 23.0 Å². The van der Waals surface area contributed by atoms with E-state index in [1.54, 1.807) is 30.4 Å². The lowest BCUT2D eigenvalue weighted by Gasteiger charge is -2.50. The minimum absolute atomic E-state index is 0.131.